The van der Waals surface area contributed by atoms with E-state index in [-0.39, 0.29) is 5.82 Å². The van der Waals surface area contributed by atoms with E-state index in [1.165, 1.54) is 49.8 Å². The van der Waals surface area contributed by atoms with Gasteiger partial charge in [-0.15, -0.1) is 0 Å². The van der Waals surface area contributed by atoms with Crippen molar-refractivity contribution in [2.45, 2.75) is 38.6 Å². The summed E-state index contributed by atoms with van der Waals surface area (Å²) < 4.78 is 12.9. The van der Waals surface area contributed by atoms with Gasteiger partial charge in [0, 0.05) is 13.1 Å². The molecule has 0 bridgehead atoms. The van der Waals surface area contributed by atoms with Crippen LogP contribution in [0.15, 0.2) is 24.3 Å². The Balaban J connectivity index is 1.92. The molecular weight excluding hydrogens is 257 g/mol. The van der Waals surface area contributed by atoms with E-state index in [9.17, 15) is 4.39 Å². The van der Waals surface area contributed by atoms with Gasteiger partial charge in [-0.05, 0) is 48.8 Å². The molecular formula is C16H24FNS. The Hall–Kier alpha value is -0.540. The molecule has 0 amide bonds. The van der Waals surface area contributed by atoms with Crippen molar-refractivity contribution in [3.63, 3.8) is 0 Å². The van der Waals surface area contributed by atoms with Crippen LogP contribution in [0.1, 0.15) is 37.7 Å². The van der Waals surface area contributed by atoms with Crippen LogP contribution >= 0.6 is 12.6 Å². The molecule has 106 valence electrons. The number of thiol groups is 1. The highest BCUT2D eigenvalue weighted by molar-refractivity contribution is 7.80. The molecule has 2 rings (SSSR count). The normalized spacial score (nSPS) is 18.7. The standard InChI is InChI=1S/C16H24FNS/c1-18(11-14-5-7-15(17)8-6-14)12-16(13-19)9-3-2-4-10-16/h5-8,19H,2-4,9-13H2,1H3. The van der Waals surface area contributed by atoms with Crippen molar-refractivity contribution >= 4 is 12.6 Å². The molecule has 1 fully saturated rings. The summed E-state index contributed by atoms with van der Waals surface area (Å²) in [6.45, 7) is 1.98. The zero-order valence-electron chi connectivity index (χ0n) is 11.7. The number of nitrogens with zero attached hydrogens (tertiary/aromatic N) is 1. The molecule has 0 heterocycles. The molecule has 0 aliphatic heterocycles. The van der Waals surface area contributed by atoms with Crippen molar-refractivity contribution in [3.8, 4) is 0 Å². The average molecular weight is 281 g/mol. The number of benzene rings is 1. The Morgan fingerprint density at radius 2 is 1.79 bits per heavy atom. The molecule has 0 saturated heterocycles. The van der Waals surface area contributed by atoms with E-state index in [0.29, 0.717) is 5.41 Å². The summed E-state index contributed by atoms with van der Waals surface area (Å²) in [6.07, 6.45) is 6.64. The molecule has 1 aromatic carbocycles. The van der Waals surface area contributed by atoms with Crippen LogP contribution in [0, 0.1) is 11.2 Å². The van der Waals surface area contributed by atoms with E-state index >= 15 is 0 Å². The summed E-state index contributed by atoms with van der Waals surface area (Å²) in [5.41, 5.74) is 1.56. The van der Waals surface area contributed by atoms with Crippen LogP contribution in [-0.2, 0) is 6.54 Å². The summed E-state index contributed by atoms with van der Waals surface area (Å²) in [6, 6.07) is 6.83. The predicted molar refractivity (Wildman–Crippen MR) is 82.1 cm³/mol. The van der Waals surface area contributed by atoms with E-state index < -0.39 is 0 Å². The molecule has 0 N–H and O–H groups in total. The molecule has 1 nitrogen and oxygen atoms in total. The fourth-order valence-electron chi connectivity index (χ4n) is 3.20. The molecule has 0 unspecified atom stereocenters. The fraction of sp³-hybridized carbons (Fsp3) is 0.625. The molecule has 1 aliphatic carbocycles. The maximum Gasteiger partial charge on any atom is 0.123 e. The first-order valence-corrected chi connectivity index (χ1v) is 7.81. The second-order valence-electron chi connectivity index (χ2n) is 6.02. The molecule has 1 saturated carbocycles. The Morgan fingerprint density at radius 1 is 1.16 bits per heavy atom. The zero-order chi connectivity index (χ0) is 13.7. The van der Waals surface area contributed by atoms with Crippen molar-refractivity contribution in [2.75, 3.05) is 19.3 Å². The second-order valence-corrected chi connectivity index (χ2v) is 6.33. The van der Waals surface area contributed by atoms with Crippen molar-refractivity contribution in [2.24, 2.45) is 5.41 Å². The fourth-order valence-corrected chi connectivity index (χ4v) is 3.61. The first-order valence-electron chi connectivity index (χ1n) is 7.17. The third-order valence-corrected chi connectivity index (χ3v) is 4.89. The van der Waals surface area contributed by atoms with Crippen LogP contribution in [0.3, 0.4) is 0 Å². The van der Waals surface area contributed by atoms with Gasteiger partial charge in [0.1, 0.15) is 5.82 Å². The van der Waals surface area contributed by atoms with Crippen molar-refractivity contribution in [1.29, 1.82) is 0 Å². The van der Waals surface area contributed by atoms with Crippen LogP contribution in [0.25, 0.3) is 0 Å². The third-order valence-electron chi connectivity index (χ3n) is 4.22. The van der Waals surface area contributed by atoms with Crippen LogP contribution in [-0.4, -0.2) is 24.2 Å². The maximum absolute atomic E-state index is 12.9. The second kappa shape index (κ2) is 6.76. The lowest BCUT2D eigenvalue weighted by atomic mass is 9.75. The summed E-state index contributed by atoms with van der Waals surface area (Å²) in [4.78, 5) is 2.36. The van der Waals surface area contributed by atoms with Gasteiger partial charge in [0.15, 0.2) is 0 Å². The lowest BCUT2D eigenvalue weighted by molar-refractivity contribution is 0.140. The Morgan fingerprint density at radius 3 is 2.37 bits per heavy atom. The van der Waals surface area contributed by atoms with Crippen molar-refractivity contribution in [1.82, 2.24) is 4.90 Å². The number of hydrogen-bond acceptors (Lipinski definition) is 2. The third kappa shape index (κ3) is 4.22. The molecule has 0 spiro atoms. The summed E-state index contributed by atoms with van der Waals surface area (Å²) >= 11 is 4.59. The van der Waals surface area contributed by atoms with Gasteiger partial charge >= 0.3 is 0 Å². The average Bonchev–Trinajstić information content (AvgIpc) is 2.42. The van der Waals surface area contributed by atoms with Crippen molar-refractivity contribution < 1.29 is 4.39 Å². The monoisotopic (exact) mass is 281 g/mol. The van der Waals surface area contributed by atoms with Crippen LogP contribution in [0.5, 0.6) is 0 Å². The van der Waals surface area contributed by atoms with Gasteiger partial charge in [0.25, 0.3) is 0 Å². The topological polar surface area (TPSA) is 3.24 Å². The minimum Gasteiger partial charge on any atom is -0.302 e. The highest BCUT2D eigenvalue weighted by Crippen LogP contribution is 2.38. The Kier molecular flexibility index (Phi) is 5.28. The van der Waals surface area contributed by atoms with Gasteiger partial charge in [0.2, 0.25) is 0 Å². The number of rotatable bonds is 5. The summed E-state index contributed by atoms with van der Waals surface area (Å²) in [5.74, 6) is 0.811. The zero-order valence-corrected chi connectivity index (χ0v) is 12.6. The minimum atomic E-state index is -0.162. The molecule has 0 radical (unpaired) electrons. The molecule has 1 aromatic rings. The van der Waals surface area contributed by atoms with Gasteiger partial charge in [-0.1, -0.05) is 31.4 Å². The van der Waals surface area contributed by atoms with E-state index in [4.69, 9.17) is 0 Å². The molecule has 0 aromatic heterocycles. The Bertz CT molecular complexity index is 384. The maximum atomic E-state index is 12.9. The Labute approximate surface area is 121 Å². The number of hydrogen-bond donors (Lipinski definition) is 1. The number of halogens is 1. The van der Waals surface area contributed by atoms with Crippen LogP contribution in [0.4, 0.5) is 4.39 Å². The molecule has 1 aliphatic rings. The van der Waals surface area contributed by atoms with E-state index in [0.717, 1.165) is 18.8 Å². The first kappa shape index (κ1) is 14.9. The highest BCUT2D eigenvalue weighted by atomic mass is 32.1. The molecule has 19 heavy (non-hydrogen) atoms. The van der Waals surface area contributed by atoms with E-state index in [2.05, 4.69) is 24.6 Å². The summed E-state index contributed by atoms with van der Waals surface area (Å²) in [7, 11) is 2.16. The highest BCUT2D eigenvalue weighted by Gasteiger charge is 2.31. The van der Waals surface area contributed by atoms with Crippen LogP contribution in [0.2, 0.25) is 0 Å². The first-order chi connectivity index (χ1) is 9.13. The molecule has 3 heteroatoms. The van der Waals surface area contributed by atoms with Gasteiger partial charge in [-0.3, -0.25) is 0 Å². The minimum absolute atomic E-state index is 0.162. The predicted octanol–water partition coefficient (Wildman–Crippen LogP) is 4.14. The van der Waals surface area contributed by atoms with E-state index in [1.54, 1.807) is 0 Å². The van der Waals surface area contributed by atoms with Gasteiger partial charge in [0.05, 0.1) is 0 Å². The quantitative estimate of drug-likeness (QED) is 0.794. The molecule has 0 atom stereocenters. The summed E-state index contributed by atoms with van der Waals surface area (Å²) in [5, 5.41) is 0. The van der Waals surface area contributed by atoms with E-state index in [1.807, 2.05) is 12.1 Å². The lowest BCUT2D eigenvalue weighted by Crippen LogP contribution is -2.38. The smallest absolute Gasteiger partial charge is 0.123 e. The van der Waals surface area contributed by atoms with Gasteiger partial charge in [-0.25, -0.2) is 4.39 Å². The SMILES string of the molecule is CN(Cc1ccc(F)cc1)CC1(CS)CCCCC1. The largest absolute Gasteiger partial charge is 0.302 e. The van der Waals surface area contributed by atoms with Crippen molar-refractivity contribution in [3.05, 3.63) is 35.6 Å². The van der Waals surface area contributed by atoms with Gasteiger partial charge < -0.3 is 4.90 Å². The lowest BCUT2D eigenvalue weighted by Gasteiger charge is -2.39. The van der Waals surface area contributed by atoms with Gasteiger partial charge in [-0.2, -0.15) is 12.6 Å². The van der Waals surface area contributed by atoms with Crippen LogP contribution < -0.4 is 0 Å².